The van der Waals surface area contributed by atoms with Gasteiger partial charge >= 0.3 is 0 Å². The SMILES string of the molecule is OCc1nnn(-c2ccccc2)c1-c1ccccc1. The molecule has 0 aliphatic carbocycles. The number of hydrogen-bond donors (Lipinski definition) is 1. The number of aliphatic hydroxyl groups is 1. The first kappa shape index (κ1) is 11.6. The van der Waals surface area contributed by atoms with Gasteiger partial charge in [0.05, 0.1) is 12.3 Å². The summed E-state index contributed by atoms with van der Waals surface area (Å²) < 4.78 is 1.75. The Kier molecular flexibility index (Phi) is 3.08. The summed E-state index contributed by atoms with van der Waals surface area (Å²) in [6.07, 6.45) is 0. The fourth-order valence-electron chi connectivity index (χ4n) is 2.05. The Bertz CT molecular complexity index is 662. The molecule has 2 aromatic carbocycles. The lowest BCUT2D eigenvalue weighted by molar-refractivity contribution is 0.277. The van der Waals surface area contributed by atoms with Crippen LogP contribution in [0.1, 0.15) is 5.69 Å². The molecule has 0 aliphatic rings. The molecule has 0 saturated carbocycles. The second-order valence-electron chi connectivity index (χ2n) is 4.16. The molecule has 0 bridgehead atoms. The summed E-state index contributed by atoms with van der Waals surface area (Å²) in [6.45, 7) is -0.128. The smallest absolute Gasteiger partial charge is 0.117 e. The Morgan fingerprint density at radius 2 is 1.53 bits per heavy atom. The molecule has 94 valence electrons. The molecule has 1 aromatic heterocycles. The van der Waals surface area contributed by atoms with E-state index in [9.17, 15) is 5.11 Å². The first-order valence-corrected chi connectivity index (χ1v) is 6.06. The minimum absolute atomic E-state index is 0.128. The van der Waals surface area contributed by atoms with E-state index in [1.807, 2.05) is 60.7 Å². The predicted octanol–water partition coefficient (Wildman–Crippen LogP) is 2.43. The third kappa shape index (κ3) is 2.13. The second-order valence-corrected chi connectivity index (χ2v) is 4.16. The topological polar surface area (TPSA) is 50.9 Å². The average molecular weight is 251 g/mol. The summed E-state index contributed by atoms with van der Waals surface area (Å²) in [5.41, 5.74) is 3.32. The van der Waals surface area contributed by atoms with Crippen molar-refractivity contribution in [2.24, 2.45) is 0 Å². The molecule has 0 unspecified atom stereocenters. The van der Waals surface area contributed by atoms with Gasteiger partial charge in [-0.2, -0.15) is 0 Å². The number of hydrogen-bond acceptors (Lipinski definition) is 3. The highest BCUT2D eigenvalue weighted by molar-refractivity contribution is 5.64. The van der Waals surface area contributed by atoms with Crippen molar-refractivity contribution in [2.75, 3.05) is 0 Å². The van der Waals surface area contributed by atoms with Gasteiger partial charge < -0.3 is 5.11 Å². The van der Waals surface area contributed by atoms with Gasteiger partial charge in [0.1, 0.15) is 11.4 Å². The van der Waals surface area contributed by atoms with Crippen molar-refractivity contribution in [2.45, 2.75) is 6.61 Å². The number of para-hydroxylation sites is 1. The Balaban J connectivity index is 2.20. The molecule has 1 N–H and O–H groups in total. The molecule has 0 fully saturated rings. The van der Waals surface area contributed by atoms with Crippen LogP contribution in [0.15, 0.2) is 60.7 Å². The number of rotatable bonds is 3. The van der Waals surface area contributed by atoms with Crippen LogP contribution < -0.4 is 0 Å². The zero-order chi connectivity index (χ0) is 13.1. The summed E-state index contributed by atoms with van der Waals surface area (Å²) in [4.78, 5) is 0. The number of aromatic nitrogens is 3. The predicted molar refractivity (Wildman–Crippen MR) is 72.7 cm³/mol. The van der Waals surface area contributed by atoms with Crippen LogP contribution in [-0.2, 0) is 6.61 Å². The Morgan fingerprint density at radius 3 is 2.16 bits per heavy atom. The maximum atomic E-state index is 9.42. The van der Waals surface area contributed by atoms with Crippen molar-refractivity contribution in [3.8, 4) is 16.9 Å². The van der Waals surface area contributed by atoms with Gasteiger partial charge in [0.2, 0.25) is 0 Å². The van der Waals surface area contributed by atoms with Crippen LogP contribution in [-0.4, -0.2) is 20.1 Å². The summed E-state index contributed by atoms with van der Waals surface area (Å²) in [5.74, 6) is 0. The van der Waals surface area contributed by atoms with Crippen molar-refractivity contribution in [3.63, 3.8) is 0 Å². The molecule has 0 radical (unpaired) electrons. The molecule has 0 spiro atoms. The summed E-state index contributed by atoms with van der Waals surface area (Å²) in [6, 6.07) is 19.6. The van der Waals surface area contributed by atoms with E-state index in [4.69, 9.17) is 0 Å². The lowest BCUT2D eigenvalue weighted by Crippen LogP contribution is -1.99. The number of aliphatic hydroxyl groups excluding tert-OH is 1. The molecule has 3 rings (SSSR count). The molecule has 4 heteroatoms. The fraction of sp³-hybridized carbons (Fsp3) is 0.0667. The Hall–Kier alpha value is -2.46. The van der Waals surface area contributed by atoms with Crippen LogP contribution in [0.25, 0.3) is 16.9 Å². The molecular weight excluding hydrogens is 238 g/mol. The van der Waals surface area contributed by atoms with E-state index < -0.39 is 0 Å². The first-order chi connectivity index (χ1) is 9.40. The molecule has 0 amide bonds. The summed E-state index contributed by atoms with van der Waals surface area (Å²) >= 11 is 0. The fourth-order valence-corrected chi connectivity index (χ4v) is 2.05. The van der Waals surface area contributed by atoms with E-state index in [1.165, 1.54) is 0 Å². The minimum atomic E-state index is -0.128. The van der Waals surface area contributed by atoms with E-state index in [1.54, 1.807) is 4.68 Å². The van der Waals surface area contributed by atoms with E-state index in [0.717, 1.165) is 16.9 Å². The molecular formula is C15H13N3O. The van der Waals surface area contributed by atoms with Crippen molar-refractivity contribution in [1.82, 2.24) is 15.0 Å². The van der Waals surface area contributed by atoms with Gasteiger partial charge in [0.15, 0.2) is 0 Å². The Labute approximate surface area is 111 Å². The van der Waals surface area contributed by atoms with Gasteiger partial charge in [0.25, 0.3) is 0 Å². The van der Waals surface area contributed by atoms with Crippen LogP contribution in [0.2, 0.25) is 0 Å². The third-order valence-electron chi connectivity index (χ3n) is 2.94. The molecule has 1 heterocycles. The van der Waals surface area contributed by atoms with Crippen molar-refractivity contribution in [3.05, 3.63) is 66.4 Å². The maximum absolute atomic E-state index is 9.42. The van der Waals surface area contributed by atoms with Gasteiger partial charge in [-0.1, -0.05) is 53.7 Å². The van der Waals surface area contributed by atoms with Gasteiger partial charge in [-0.25, -0.2) is 4.68 Å². The van der Waals surface area contributed by atoms with Crippen molar-refractivity contribution < 1.29 is 5.11 Å². The van der Waals surface area contributed by atoms with Crippen LogP contribution in [0.5, 0.6) is 0 Å². The minimum Gasteiger partial charge on any atom is -0.390 e. The zero-order valence-electron chi connectivity index (χ0n) is 10.3. The lowest BCUT2D eigenvalue weighted by atomic mass is 10.1. The normalized spacial score (nSPS) is 10.6. The molecule has 0 aliphatic heterocycles. The average Bonchev–Trinajstić information content (AvgIpc) is 2.93. The number of benzene rings is 2. The van der Waals surface area contributed by atoms with Gasteiger partial charge in [-0.05, 0) is 12.1 Å². The largest absolute Gasteiger partial charge is 0.390 e. The maximum Gasteiger partial charge on any atom is 0.117 e. The van der Waals surface area contributed by atoms with Gasteiger partial charge in [-0.3, -0.25) is 0 Å². The highest BCUT2D eigenvalue weighted by atomic mass is 16.3. The van der Waals surface area contributed by atoms with E-state index >= 15 is 0 Å². The highest BCUT2D eigenvalue weighted by Gasteiger charge is 2.14. The standard InChI is InChI=1S/C15H13N3O/c19-11-14-15(12-7-3-1-4-8-12)18(17-16-14)13-9-5-2-6-10-13/h1-10,19H,11H2. The highest BCUT2D eigenvalue weighted by Crippen LogP contribution is 2.24. The van der Waals surface area contributed by atoms with Crippen LogP contribution in [0.3, 0.4) is 0 Å². The van der Waals surface area contributed by atoms with Crippen LogP contribution >= 0.6 is 0 Å². The van der Waals surface area contributed by atoms with E-state index in [0.29, 0.717) is 5.69 Å². The first-order valence-electron chi connectivity index (χ1n) is 6.06. The summed E-state index contributed by atoms with van der Waals surface area (Å²) in [7, 11) is 0. The van der Waals surface area contributed by atoms with Gasteiger partial charge in [-0.15, -0.1) is 5.10 Å². The van der Waals surface area contributed by atoms with E-state index in [-0.39, 0.29) is 6.61 Å². The quantitative estimate of drug-likeness (QED) is 0.777. The summed E-state index contributed by atoms with van der Waals surface area (Å²) in [5, 5.41) is 17.6. The van der Waals surface area contributed by atoms with Crippen LogP contribution in [0.4, 0.5) is 0 Å². The number of nitrogens with zero attached hydrogens (tertiary/aromatic N) is 3. The second kappa shape index (κ2) is 5.04. The monoisotopic (exact) mass is 251 g/mol. The van der Waals surface area contributed by atoms with E-state index in [2.05, 4.69) is 10.3 Å². The van der Waals surface area contributed by atoms with Crippen LogP contribution in [0, 0.1) is 0 Å². The van der Waals surface area contributed by atoms with Crippen molar-refractivity contribution in [1.29, 1.82) is 0 Å². The Morgan fingerprint density at radius 1 is 0.895 bits per heavy atom. The lowest BCUT2D eigenvalue weighted by Gasteiger charge is -2.07. The van der Waals surface area contributed by atoms with Crippen molar-refractivity contribution >= 4 is 0 Å². The molecule has 0 saturated heterocycles. The molecule has 3 aromatic rings. The zero-order valence-corrected chi connectivity index (χ0v) is 10.3. The molecule has 19 heavy (non-hydrogen) atoms. The molecule has 0 atom stereocenters. The third-order valence-corrected chi connectivity index (χ3v) is 2.94. The molecule has 4 nitrogen and oxygen atoms in total. The van der Waals surface area contributed by atoms with Gasteiger partial charge in [0, 0.05) is 5.56 Å².